The van der Waals surface area contributed by atoms with Gasteiger partial charge in [-0.3, -0.25) is 4.79 Å². The van der Waals surface area contributed by atoms with Crippen molar-refractivity contribution in [2.24, 2.45) is 0 Å². The van der Waals surface area contributed by atoms with Gasteiger partial charge in [-0.2, -0.15) is 0 Å². The number of aryl methyl sites for hydroxylation is 1. The molecule has 6 nitrogen and oxygen atoms in total. The molecule has 0 fully saturated rings. The van der Waals surface area contributed by atoms with Crippen LogP contribution in [0, 0.1) is 6.92 Å². The third-order valence-corrected chi connectivity index (χ3v) is 3.70. The number of nitrogens with one attached hydrogen (secondary N) is 1. The zero-order valence-electron chi connectivity index (χ0n) is 10.6. The normalized spacial score (nSPS) is 10.4. The van der Waals surface area contributed by atoms with Crippen LogP contribution in [0.4, 0.5) is 5.69 Å². The molecule has 20 heavy (non-hydrogen) atoms. The summed E-state index contributed by atoms with van der Waals surface area (Å²) in [6.07, 6.45) is 1.51. The van der Waals surface area contributed by atoms with Crippen LogP contribution in [0.2, 0.25) is 0 Å². The Morgan fingerprint density at radius 3 is 2.95 bits per heavy atom. The van der Waals surface area contributed by atoms with E-state index in [-0.39, 0.29) is 5.91 Å². The Kier molecular flexibility index (Phi) is 3.26. The lowest BCUT2D eigenvalue weighted by atomic mass is 10.1. The largest absolute Gasteiger partial charge is 0.321 e. The number of nitrogens with zero attached hydrogens (tertiary/aromatic N) is 4. The minimum Gasteiger partial charge on any atom is -0.321 e. The van der Waals surface area contributed by atoms with E-state index < -0.39 is 0 Å². The molecule has 0 radical (unpaired) electrons. The number of amides is 1. The van der Waals surface area contributed by atoms with Gasteiger partial charge in [-0.15, -0.1) is 16.4 Å². The maximum atomic E-state index is 12.1. The van der Waals surface area contributed by atoms with Crippen molar-refractivity contribution in [3.8, 4) is 5.69 Å². The van der Waals surface area contributed by atoms with Crippen molar-refractivity contribution in [2.45, 2.75) is 6.92 Å². The van der Waals surface area contributed by atoms with Gasteiger partial charge in [0.2, 0.25) is 0 Å². The van der Waals surface area contributed by atoms with Crippen LogP contribution in [0.15, 0.2) is 42.0 Å². The minimum absolute atomic E-state index is 0.114. The van der Waals surface area contributed by atoms with Gasteiger partial charge in [0.25, 0.3) is 5.91 Å². The Morgan fingerprint density at radius 2 is 2.25 bits per heavy atom. The maximum Gasteiger partial charge on any atom is 0.265 e. The number of hydrogen-bond donors (Lipinski definition) is 1. The minimum atomic E-state index is -0.114. The van der Waals surface area contributed by atoms with Gasteiger partial charge in [-0.05, 0) is 46.5 Å². The van der Waals surface area contributed by atoms with E-state index in [0.29, 0.717) is 4.88 Å². The van der Waals surface area contributed by atoms with Crippen molar-refractivity contribution in [2.75, 3.05) is 5.32 Å². The molecule has 100 valence electrons. The quantitative estimate of drug-likeness (QED) is 0.801. The number of carbonyl (C=O) groups is 1. The van der Waals surface area contributed by atoms with Gasteiger partial charge in [0.15, 0.2) is 0 Å². The molecule has 1 N–H and O–H groups in total. The number of rotatable bonds is 3. The van der Waals surface area contributed by atoms with E-state index in [4.69, 9.17) is 0 Å². The summed E-state index contributed by atoms with van der Waals surface area (Å²) in [5.74, 6) is -0.114. The summed E-state index contributed by atoms with van der Waals surface area (Å²) in [4.78, 5) is 12.8. The lowest BCUT2D eigenvalue weighted by Crippen LogP contribution is -2.11. The number of aromatic nitrogens is 4. The van der Waals surface area contributed by atoms with Crippen LogP contribution in [0.5, 0.6) is 0 Å². The highest BCUT2D eigenvalue weighted by Gasteiger charge is 2.10. The van der Waals surface area contributed by atoms with E-state index in [1.807, 2.05) is 36.6 Å². The SMILES string of the molecule is Cc1ccc(-n2cnnn2)cc1NC(=O)c1cccs1. The first kappa shape index (κ1) is 12.5. The van der Waals surface area contributed by atoms with Crippen molar-refractivity contribution in [3.63, 3.8) is 0 Å². The predicted octanol–water partition coefficient (Wildman–Crippen LogP) is 2.28. The lowest BCUT2D eigenvalue weighted by Gasteiger charge is -2.09. The Bertz CT molecular complexity index is 721. The van der Waals surface area contributed by atoms with Gasteiger partial charge < -0.3 is 5.32 Å². The van der Waals surface area contributed by atoms with Crippen LogP contribution in [0.3, 0.4) is 0 Å². The van der Waals surface area contributed by atoms with E-state index >= 15 is 0 Å². The number of thiophene rings is 1. The van der Waals surface area contributed by atoms with Crippen molar-refractivity contribution in [1.29, 1.82) is 0 Å². The zero-order valence-corrected chi connectivity index (χ0v) is 11.5. The van der Waals surface area contributed by atoms with Crippen molar-refractivity contribution in [1.82, 2.24) is 20.2 Å². The molecule has 7 heteroatoms. The second-order valence-corrected chi connectivity index (χ2v) is 5.13. The fraction of sp³-hybridized carbons (Fsp3) is 0.0769. The molecule has 0 saturated carbocycles. The summed E-state index contributed by atoms with van der Waals surface area (Å²) in [6.45, 7) is 1.94. The van der Waals surface area contributed by atoms with E-state index in [9.17, 15) is 4.79 Å². The summed E-state index contributed by atoms with van der Waals surface area (Å²) in [6, 6.07) is 9.30. The summed E-state index contributed by atoms with van der Waals surface area (Å²) in [7, 11) is 0. The molecular weight excluding hydrogens is 274 g/mol. The van der Waals surface area contributed by atoms with Gasteiger partial charge in [0.1, 0.15) is 6.33 Å². The number of benzene rings is 1. The summed E-state index contributed by atoms with van der Waals surface area (Å²) < 4.78 is 1.54. The molecule has 2 aromatic heterocycles. The fourth-order valence-corrected chi connectivity index (χ4v) is 2.38. The predicted molar refractivity (Wildman–Crippen MR) is 76.2 cm³/mol. The van der Waals surface area contributed by atoms with Crippen LogP contribution in [-0.4, -0.2) is 26.1 Å². The van der Waals surface area contributed by atoms with Crippen LogP contribution in [0.1, 0.15) is 15.2 Å². The highest BCUT2D eigenvalue weighted by atomic mass is 32.1. The Labute approximate surface area is 119 Å². The third-order valence-electron chi connectivity index (χ3n) is 2.83. The van der Waals surface area contributed by atoms with Crippen molar-refractivity contribution in [3.05, 3.63) is 52.5 Å². The molecule has 0 atom stereocenters. The van der Waals surface area contributed by atoms with Crippen molar-refractivity contribution < 1.29 is 4.79 Å². The van der Waals surface area contributed by atoms with Gasteiger partial charge in [0, 0.05) is 5.69 Å². The summed E-state index contributed by atoms with van der Waals surface area (Å²) in [5, 5.41) is 15.8. The van der Waals surface area contributed by atoms with Gasteiger partial charge in [0.05, 0.1) is 10.6 Å². The molecule has 0 unspecified atom stereocenters. The highest BCUT2D eigenvalue weighted by Crippen LogP contribution is 2.20. The average molecular weight is 285 g/mol. The van der Waals surface area contributed by atoms with E-state index in [2.05, 4.69) is 20.8 Å². The van der Waals surface area contributed by atoms with Crippen molar-refractivity contribution >= 4 is 22.9 Å². The monoisotopic (exact) mass is 285 g/mol. The first-order chi connectivity index (χ1) is 9.74. The molecule has 3 rings (SSSR count). The molecule has 0 saturated heterocycles. The molecule has 0 bridgehead atoms. The molecule has 1 aromatic carbocycles. The summed E-state index contributed by atoms with van der Waals surface area (Å²) >= 11 is 1.41. The van der Waals surface area contributed by atoms with Crippen LogP contribution < -0.4 is 5.32 Å². The molecule has 3 aromatic rings. The number of carbonyl (C=O) groups excluding carboxylic acids is 1. The van der Waals surface area contributed by atoms with Gasteiger partial charge in [-0.1, -0.05) is 12.1 Å². The maximum absolute atomic E-state index is 12.1. The fourth-order valence-electron chi connectivity index (χ4n) is 1.76. The summed E-state index contributed by atoms with van der Waals surface area (Å²) in [5.41, 5.74) is 2.52. The number of tetrazole rings is 1. The Morgan fingerprint density at radius 1 is 1.35 bits per heavy atom. The first-order valence-corrected chi connectivity index (χ1v) is 6.81. The topological polar surface area (TPSA) is 72.7 Å². The molecule has 2 heterocycles. The highest BCUT2D eigenvalue weighted by molar-refractivity contribution is 7.12. The average Bonchev–Trinajstić information content (AvgIpc) is 3.14. The Hall–Kier alpha value is -2.54. The van der Waals surface area contributed by atoms with Crippen LogP contribution in [-0.2, 0) is 0 Å². The third kappa shape index (κ3) is 2.43. The Balaban J connectivity index is 1.89. The molecule has 0 aliphatic heterocycles. The van der Waals surface area contributed by atoms with E-state index in [1.165, 1.54) is 17.7 Å². The van der Waals surface area contributed by atoms with E-state index in [0.717, 1.165) is 16.9 Å². The molecule has 0 aliphatic rings. The molecule has 0 aliphatic carbocycles. The van der Waals surface area contributed by atoms with Crippen LogP contribution >= 0.6 is 11.3 Å². The second kappa shape index (κ2) is 5.22. The number of hydrogen-bond acceptors (Lipinski definition) is 5. The molecular formula is C13H11N5OS. The first-order valence-electron chi connectivity index (χ1n) is 5.93. The van der Waals surface area contributed by atoms with Gasteiger partial charge >= 0.3 is 0 Å². The smallest absolute Gasteiger partial charge is 0.265 e. The second-order valence-electron chi connectivity index (χ2n) is 4.19. The number of anilines is 1. The van der Waals surface area contributed by atoms with Crippen LogP contribution in [0.25, 0.3) is 5.69 Å². The molecule has 0 spiro atoms. The zero-order chi connectivity index (χ0) is 13.9. The van der Waals surface area contributed by atoms with E-state index in [1.54, 1.807) is 10.7 Å². The standard InChI is InChI=1S/C13H11N5OS/c1-9-4-5-10(18-8-14-16-17-18)7-11(9)15-13(19)12-3-2-6-20-12/h2-8H,1H3,(H,15,19). The van der Waals surface area contributed by atoms with Gasteiger partial charge in [-0.25, -0.2) is 4.68 Å². The lowest BCUT2D eigenvalue weighted by molar-refractivity contribution is 0.103. The molecule has 1 amide bonds.